The Kier molecular flexibility index (Phi) is 5.49. The number of halogens is 3. The third-order valence-electron chi connectivity index (χ3n) is 3.44. The molecule has 1 N–H and O–H groups in total. The van der Waals surface area contributed by atoms with Crippen LogP contribution in [0.15, 0.2) is 29.3 Å². The van der Waals surface area contributed by atoms with E-state index in [1.807, 2.05) is 0 Å². The minimum Gasteiger partial charge on any atom is -0.345 e. The van der Waals surface area contributed by atoms with Gasteiger partial charge in [-0.05, 0) is 17.5 Å². The number of aryl methyl sites for hydroxylation is 1. The van der Waals surface area contributed by atoms with E-state index in [1.54, 1.807) is 20.8 Å². The summed E-state index contributed by atoms with van der Waals surface area (Å²) in [5, 5.41) is 1.90. The number of nitrogens with one attached hydrogen (secondary N) is 1. The number of carbonyl (C=O) groups is 1. The molecule has 9 heteroatoms. The fourth-order valence-corrected chi connectivity index (χ4v) is 4.53. The number of hydrogen-bond donors (Lipinski definition) is 1. The first-order chi connectivity index (χ1) is 11.8. The number of anilines is 1. The summed E-state index contributed by atoms with van der Waals surface area (Å²) in [6.07, 6.45) is 1.34. The minimum atomic E-state index is -3.58. The standard InChI is InChI=1S/C17H19ClF2N2O3S/c1-17(2,3)9-26(24,25)11-7-14(22(4)8-11)16(23)21-10-5-12(18)15(20)13(19)6-10/h5-8H,9H2,1-4H3,(H,21,23). The van der Waals surface area contributed by atoms with E-state index in [9.17, 15) is 22.0 Å². The van der Waals surface area contributed by atoms with E-state index in [1.165, 1.54) is 23.9 Å². The van der Waals surface area contributed by atoms with Gasteiger partial charge in [-0.2, -0.15) is 0 Å². The maximum absolute atomic E-state index is 13.4. The van der Waals surface area contributed by atoms with Gasteiger partial charge in [0.05, 0.1) is 15.7 Å². The molecule has 0 aliphatic carbocycles. The van der Waals surface area contributed by atoms with Crippen LogP contribution in [0.4, 0.5) is 14.5 Å². The molecule has 0 aliphatic rings. The quantitative estimate of drug-likeness (QED) is 0.782. The van der Waals surface area contributed by atoms with E-state index >= 15 is 0 Å². The molecule has 5 nitrogen and oxygen atoms in total. The molecule has 1 heterocycles. The van der Waals surface area contributed by atoms with Gasteiger partial charge in [-0.1, -0.05) is 32.4 Å². The highest BCUT2D eigenvalue weighted by molar-refractivity contribution is 7.91. The molecule has 26 heavy (non-hydrogen) atoms. The molecule has 0 aliphatic heterocycles. The van der Waals surface area contributed by atoms with Crippen LogP contribution < -0.4 is 5.32 Å². The van der Waals surface area contributed by atoms with Crippen molar-refractivity contribution in [2.24, 2.45) is 12.5 Å². The predicted octanol–water partition coefficient (Wildman–Crippen LogP) is 4.03. The van der Waals surface area contributed by atoms with E-state index < -0.39 is 37.8 Å². The molecule has 1 aromatic carbocycles. The molecule has 1 amide bonds. The number of rotatable bonds is 4. The zero-order chi connectivity index (χ0) is 19.9. The molecule has 2 aromatic rings. The third kappa shape index (κ3) is 4.62. The number of carbonyl (C=O) groups excluding carboxylic acids is 1. The maximum atomic E-state index is 13.4. The Hall–Kier alpha value is -1.93. The van der Waals surface area contributed by atoms with E-state index in [0.29, 0.717) is 0 Å². The van der Waals surface area contributed by atoms with Crippen LogP contribution in [0, 0.1) is 17.0 Å². The summed E-state index contributed by atoms with van der Waals surface area (Å²) >= 11 is 5.55. The lowest BCUT2D eigenvalue weighted by Gasteiger charge is -2.17. The van der Waals surface area contributed by atoms with E-state index in [4.69, 9.17) is 11.6 Å². The monoisotopic (exact) mass is 404 g/mol. The molecule has 0 spiro atoms. The second kappa shape index (κ2) is 7.00. The fraction of sp³-hybridized carbons (Fsp3) is 0.353. The molecule has 0 radical (unpaired) electrons. The zero-order valence-corrected chi connectivity index (χ0v) is 16.3. The van der Waals surface area contributed by atoms with Crippen molar-refractivity contribution in [1.29, 1.82) is 0 Å². The number of hydrogen-bond acceptors (Lipinski definition) is 3. The second-order valence-corrected chi connectivity index (χ2v) is 9.60. The molecular weight excluding hydrogens is 386 g/mol. The zero-order valence-electron chi connectivity index (χ0n) is 14.7. The molecule has 0 atom stereocenters. The lowest BCUT2D eigenvalue weighted by Crippen LogP contribution is -2.20. The molecule has 0 fully saturated rings. The van der Waals surface area contributed by atoms with Gasteiger partial charge in [0.1, 0.15) is 5.69 Å². The molecule has 0 saturated heterocycles. The summed E-state index contributed by atoms with van der Waals surface area (Å²) in [5.41, 5.74) is -0.433. The fourth-order valence-electron chi connectivity index (χ4n) is 2.41. The summed E-state index contributed by atoms with van der Waals surface area (Å²) in [6, 6.07) is 3.11. The first-order valence-corrected chi connectivity index (χ1v) is 9.68. The molecule has 2 rings (SSSR count). The van der Waals surface area contributed by atoms with Crippen LogP contribution in [0.25, 0.3) is 0 Å². The van der Waals surface area contributed by atoms with Gasteiger partial charge in [0.15, 0.2) is 21.5 Å². The highest BCUT2D eigenvalue weighted by atomic mass is 35.5. The smallest absolute Gasteiger partial charge is 0.272 e. The van der Waals surface area contributed by atoms with Crippen LogP contribution >= 0.6 is 11.6 Å². The average Bonchev–Trinajstić information content (AvgIpc) is 2.85. The van der Waals surface area contributed by atoms with Gasteiger partial charge in [0.2, 0.25) is 0 Å². The molecular formula is C17H19ClF2N2O3S. The Balaban J connectivity index is 2.30. The van der Waals surface area contributed by atoms with Crippen LogP contribution in [-0.2, 0) is 16.9 Å². The molecule has 0 bridgehead atoms. The van der Waals surface area contributed by atoms with Crippen molar-refractivity contribution in [2.75, 3.05) is 11.1 Å². The molecule has 0 unspecified atom stereocenters. The Morgan fingerprint density at radius 2 is 1.85 bits per heavy atom. The van der Waals surface area contributed by atoms with Crippen molar-refractivity contribution in [1.82, 2.24) is 4.57 Å². The van der Waals surface area contributed by atoms with Gasteiger partial charge >= 0.3 is 0 Å². The summed E-state index contributed by atoms with van der Waals surface area (Å²) in [6.45, 7) is 5.40. The molecule has 1 aromatic heterocycles. The van der Waals surface area contributed by atoms with Crippen LogP contribution in [0.1, 0.15) is 31.3 Å². The Labute approximate surface area is 155 Å². The summed E-state index contributed by atoms with van der Waals surface area (Å²) in [7, 11) is -2.06. The number of amides is 1. The molecule has 0 saturated carbocycles. The van der Waals surface area contributed by atoms with Crippen molar-refractivity contribution in [3.05, 3.63) is 46.7 Å². The van der Waals surface area contributed by atoms with Crippen molar-refractivity contribution >= 4 is 33.0 Å². The van der Waals surface area contributed by atoms with Gasteiger partial charge in [0, 0.05) is 25.0 Å². The highest BCUT2D eigenvalue weighted by Crippen LogP contribution is 2.25. The van der Waals surface area contributed by atoms with Crippen LogP contribution in [0.3, 0.4) is 0 Å². The highest BCUT2D eigenvalue weighted by Gasteiger charge is 2.26. The van der Waals surface area contributed by atoms with E-state index in [0.717, 1.165) is 12.1 Å². The lowest BCUT2D eigenvalue weighted by molar-refractivity contribution is 0.101. The topological polar surface area (TPSA) is 68.2 Å². The van der Waals surface area contributed by atoms with Crippen LogP contribution in [-0.4, -0.2) is 24.6 Å². The average molecular weight is 405 g/mol. The van der Waals surface area contributed by atoms with Gasteiger partial charge < -0.3 is 9.88 Å². The number of aromatic nitrogens is 1. The number of nitrogens with zero attached hydrogens (tertiary/aromatic N) is 1. The largest absolute Gasteiger partial charge is 0.345 e. The van der Waals surface area contributed by atoms with Gasteiger partial charge in [0.25, 0.3) is 5.91 Å². The summed E-state index contributed by atoms with van der Waals surface area (Å²) < 4.78 is 52.9. The first-order valence-electron chi connectivity index (χ1n) is 7.65. The van der Waals surface area contributed by atoms with Crippen LogP contribution in [0.2, 0.25) is 5.02 Å². The van der Waals surface area contributed by atoms with Crippen molar-refractivity contribution in [2.45, 2.75) is 25.7 Å². The molecule has 142 valence electrons. The minimum absolute atomic E-state index is 0.0170. The SMILES string of the molecule is Cn1cc(S(=O)(=O)CC(C)(C)C)cc1C(=O)Nc1cc(F)c(F)c(Cl)c1. The Bertz CT molecular complexity index is 940. The van der Waals surface area contributed by atoms with Gasteiger partial charge in [-0.3, -0.25) is 4.79 Å². The lowest BCUT2D eigenvalue weighted by atomic mass is 10.0. The first kappa shape index (κ1) is 20.4. The maximum Gasteiger partial charge on any atom is 0.272 e. The number of benzene rings is 1. The van der Waals surface area contributed by atoms with E-state index in [-0.39, 0.29) is 22.0 Å². The Morgan fingerprint density at radius 1 is 1.23 bits per heavy atom. The van der Waals surface area contributed by atoms with Gasteiger partial charge in [-0.25, -0.2) is 17.2 Å². The predicted molar refractivity (Wildman–Crippen MR) is 96.2 cm³/mol. The van der Waals surface area contributed by atoms with E-state index in [2.05, 4.69) is 5.32 Å². The third-order valence-corrected chi connectivity index (χ3v) is 5.90. The summed E-state index contributed by atoms with van der Waals surface area (Å²) in [4.78, 5) is 12.4. The summed E-state index contributed by atoms with van der Waals surface area (Å²) in [5.74, 6) is -3.16. The van der Waals surface area contributed by atoms with Crippen LogP contribution in [0.5, 0.6) is 0 Å². The van der Waals surface area contributed by atoms with Crippen molar-refractivity contribution < 1.29 is 22.0 Å². The van der Waals surface area contributed by atoms with Crippen molar-refractivity contribution in [3.8, 4) is 0 Å². The normalized spacial score (nSPS) is 12.3. The Morgan fingerprint density at radius 3 is 2.38 bits per heavy atom. The second-order valence-electron chi connectivity index (χ2n) is 7.20. The van der Waals surface area contributed by atoms with Gasteiger partial charge in [-0.15, -0.1) is 0 Å². The van der Waals surface area contributed by atoms with Crippen molar-refractivity contribution in [3.63, 3.8) is 0 Å². The number of sulfone groups is 1.